The van der Waals surface area contributed by atoms with Crippen molar-refractivity contribution in [3.8, 4) is 0 Å². The zero-order chi connectivity index (χ0) is 11.3. The Hall–Kier alpha value is -1.30. The maximum absolute atomic E-state index is 11.3. The molecule has 0 bridgehead atoms. The van der Waals surface area contributed by atoms with Gasteiger partial charge in [0.1, 0.15) is 5.38 Å². The number of carbonyl (C=O) groups is 3. The van der Waals surface area contributed by atoms with Gasteiger partial charge < -0.3 is 16.4 Å². The van der Waals surface area contributed by atoms with E-state index in [1.165, 1.54) is 6.92 Å². The van der Waals surface area contributed by atoms with Crippen LogP contribution in [0.2, 0.25) is 0 Å². The van der Waals surface area contributed by atoms with Crippen LogP contribution in [-0.4, -0.2) is 41.1 Å². The number of hydrogen-bond donors (Lipinski definition) is 2. The van der Waals surface area contributed by atoms with Gasteiger partial charge in [0, 0.05) is 0 Å². The topological polar surface area (TPSA) is 106 Å². The van der Waals surface area contributed by atoms with Crippen LogP contribution >= 0.6 is 11.6 Å². The van der Waals surface area contributed by atoms with Crippen LogP contribution in [0, 0.1) is 0 Å². The monoisotopic (exact) mass is 221 g/mol. The fourth-order valence-corrected chi connectivity index (χ4v) is 0.978. The van der Waals surface area contributed by atoms with Crippen LogP contribution < -0.4 is 11.5 Å². The van der Waals surface area contributed by atoms with Crippen LogP contribution in [0.5, 0.6) is 0 Å². The first-order valence-electron chi connectivity index (χ1n) is 3.84. The summed E-state index contributed by atoms with van der Waals surface area (Å²) in [6.07, 6.45) is 0. The summed E-state index contributed by atoms with van der Waals surface area (Å²) in [6, 6.07) is 0. The molecule has 1 unspecified atom stereocenters. The molecule has 0 rings (SSSR count). The van der Waals surface area contributed by atoms with Crippen molar-refractivity contribution in [2.75, 3.05) is 13.1 Å². The van der Waals surface area contributed by atoms with E-state index in [-0.39, 0.29) is 13.1 Å². The molecule has 0 fully saturated rings. The van der Waals surface area contributed by atoms with E-state index in [2.05, 4.69) is 0 Å². The molecule has 4 N–H and O–H groups in total. The Kier molecular flexibility index (Phi) is 4.93. The maximum atomic E-state index is 11.3. The summed E-state index contributed by atoms with van der Waals surface area (Å²) >= 11 is 5.49. The highest BCUT2D eigenvalue weighted by Gasteiger charge is 2.21. The van der Waals surface area contributed by atoms with Crippen molar-refractivity contribution in [3.05, 3.63) is 0 Å². The molecule has 14 heavy (non-hydrogen) atoms. The molecule has 0 aromatic heterocycles. The van der Waals surface area contributed by atoms with Gasteiger partial charge in [-0.25, -0.2) is 0 Å². The molecule has 0 saturated heterocycles. The van der Waals surface area contributed by atoms with E-state index in [1.54, 1.807) is 0 Å². The standard InChI is InChI=1S/C7H12ClN3O3/c1-4(8)7(14)11(2-5(9)12)3-6(10)13/h4H,2-3H2,1H3,(H2,9,12)(H2,10,13). The molecule has 0 radical (unpaired) electrons. The quantitative estimate of drug-likeness (QED) is 0.547. The highest BCUT2D eigenvalue weighted by atomic mass is 35.5. The van der Waals surface area contributed by atoms with Gasteiger partial charge in [0.25, 0.3) is 0 Å². The normalized spacial score (nSPS) is 11.9. The lowest BCUT2D eigenvalue weighted by atomic mass is 10.3. The molecule has 6 nitrogen and oxygen atoms in total. The van der Waals surface area contributed by atoms with Crippen LogP contribution in [-0.2, 0) is 14.4 Å². The van der Waals surface area contributed by atoms with Gasteiger partial charge in [-0.1, -0.05) is 0 Å². The van der Waals surface area contributed by atoms with Crippen molar-refractivity contribution in [1.29, 1.82) is 0 Å². The summed E-state index contributed by atoms with van der Waals surface area (Å²) in [5.41, 5.74) is 9.76. The van der Waals surface area contributed by atoms with Gasteiger partial charge in [-0.2, -0.15) is 0 Å². The van der Waals surface area contributed by atoms with Crippen molar-refractivity contribution in [2.24, 2.45) is 11.5 Å². The number of carbonyl (C=O) groups excluding carboxylic acids is 3. The zero-order valence-electron chi connectivity index (χ0n) is 7.70. The molecule has 0 spiro atoms. The Morgan fingerprint density at radius 3 is 1.79 bits per heavy atom. The van der Waals surface area contributed by atoms with Crippen LogP contribution in [0.25, 0.3) is 0 Å². The fourth-order valence-electron chi connectivity index (χ4n) is 0.840. The minimum absolute atomic E-state index is 0.362. The van der Waals surface area contributed by atoms with Gasteiger partial charge in [-0.3, -0.25) is 14.4 Å². The summed E-state index contributed by atoms with van der Waals surface area (Å²) in [4.78, 5) is 33.3. The summed E-state index contributed by atoms with van der Waals surface area (Å²) in [5, 5.41) is -0.825. The van der Waals surface area contributed by atoms with Gasteiger partial charge in [0.2, 0.25) is 17.7 Å². The number of alkyl halides is 1. The Bertz CT molecular complexity index is 239. The van der Waals surface area contributed by atoms with Crippen molar-refractivity contribution in [1.82, 2.24) is 4.90 Å². The first-order valence-corrected chi connectivity index (χ1v) is 4.27. The van der Waals surface area contributed by atoms with Gasteiger partial charge >= 0.3 is 0 Å². The summed E-state index contributed by atoms with van der Waals surface area (Å²) < 4.78 is 0. The Balaban J connectivity index is 4.46. The third-order valence-electron chi connectivity index (χ3n) is 1.35. The number of nitrogens with zero attached hydrogens (tertiary/aromatic N) is 1. The minimum atomic E-state index is -0.825. The second-order valence-corrected chi connectivity index (χ2v) is 3.40. The van der Waals surface area contributed by atoms with Crippen molar-refractivity contribution in [3.63, 3.8) is 0 Å². The predicted molar refractivity (Wildman–Crippen MR) is 50.3 cm³/mol. The van der Waals surface area contributed by atoms with Crippen molar-refractivity contribution < 1.29 is 14.4 Å². The highest BCUT2D eigenvalue weighted by Crippen LogP contribution is 2.00. The number of primary amides is 2. The van der Waals surface area contributed by atoms with Crippen LogP contribution in [0.3, 0.4) is 0 Å². The number of hydrogen-bond acceptors (Lipinski definition) is 3. The second kappa shape index (κ2) is 5.43. The molecular formula is C7H12ClN3O3. The van der Waals surface area contributed by atoms with E-state index < -0.39 is 23.1 Å². The average molecular weight is 222 g/mol. The largest absolute Gasteiger partial charge is 0.368 e. The fraction of sp³-hybridized carbons (Fsp3) is 0.571. The molecular weight excluding hydrogens is 210 g/mol. The van der Waals surface area contributed by atoms with E-state index >= 15 is 0 Å². The average Bonchev–Trinajstić information content (AvgIpc) is 1.99. The molecule has 80 valence electrons. The zero-order valence-corrected chi connectivity index (χ0v) is 8.45. The molecule has 0 aromatic rings. The van der Waals surface area contributed by atoms with E-state index in [0.29, 0.717) is 0 Å². The van der Waals surface area contributed by atoms with Crippen LogP contribution in [0.1, 0.15) is 6.92 Å². The highest BCUT2D eigenvalue weighted by molar-refractivity contribution is 6.30. The smallest absolute Gasteiger partial charge is 0.241 e. The molecule has 0 aliphatic rings. The molecule has 0 saturated carbocycles. The predicted octanol–water partition coefficient (Wildman–Crippen LogP) is -1.59. The summed E-state index contributed by atoms with van der Waals surface area (Å²) in [5.74, 6) is -2.00. The number of amides is 3. The van der Waals surface area contributed by atoms with E-state index in [9.17, 15) is 14.4 Å². The van der Waals surface area contributed by atoms with Gasteiger partial charge in [-0.05, 0) is 6.92 Å². The minimum Gasteiger partial charge on any atom is -0.368 e. The second-order valence-electron chi connectivity index (χ2n) is 2.74. The Labute approximate surface area is 86.2 Å². The van der Waals surface area contributed by atoms with Crippen molar-refractivity contribution in [2.45, 2.75) is 12.3 Å². The molecule has 0 heterocycles. The first kappa shape index (κ1) is 12.7. The van der Waals surface area contributed by atoms with Gasteiger partial charge in [0.05, 0.1) is 13.1 Å². The number of nitrogens with two attached hydrogens (primary N) is 2. The lowest BCUT2D eigenvalue weighted by Gasteiger charge is -2.20. The molecule has 7 heteroatoms. The SMILES string of the molecule is CC(Cl)C(=O)N(CC(N)=O)CC(N)=O. The number of halogens is 1. The summed E-state index contributed by atoms with van der Waals surface area (Å²) in [7, 11) is 0. The van der Waals surface area contributed by atoms with Crippen LogP contribution in [0.4, 0.5) is 0 Å². The lowest BCUT2D eigenvalue weighted by Crippen LogP contribution is -2.45. The molecule has 3 amide bonds. The maximum Gasteiger partial charge on any atom is 0.241 e. The molecule has 0 aromatic carbocycles. The van der Waals surface area contributed by atoms with Gasteiger partial charge in [0.15, 0.2) is 0 Å². The Morgan fingerprint density at radius 1 is 1.21 bits per heavy atom. The molecule has 1 atom stereocenters. The van der Waals surface area contributed by atoms with Crippen molar-refractivity contribution >= 4 is 29.3 Å². The van der Waals surface area contributed by atoms with Gasteiger partial charge in [-0.15, -0.1) is 11.6 Å². The van der Waals surface area contributed by atoms with Crippen LogP contribution in [0.15, 0.2) is 0 Å². The van der Waals surface area contributed by atoms with E-state index in [4.69, 9.17) is 23.1 Å². The summed E-state index contributed by atoms with van der Waals surface area (Å²) in [6.45, 7) is 0.705. The first-order chi connectivity index (χ1) is 6.34. The lowest BCUT2D eigenvalue weighted by molar-refractivity contribution is -0.137. The van der Waals surface area contributed by atoms with E-state index in [0.717, 1.165) is 4.90 Å². The number of rotatable bonds is 5. The Morgan fingerprint density at radius 2 is 1.57 bits per heavy atom. The van der Waals surface area contributed by atoms with E-state index in [1.807, 2.05) is 0 Å². The molecule has 0 aliphatic heterocycles. The third kappa shape index (κ3) is 4.66. The molecule has 0 aliphatic carbocycles. The third-order valence-corrected chi connectivity index (χ3v) is 1.53.